The number of anilines is 1. The minimum Gasteiger partial charge on any atom is -0.343 e. The van der Waals surface area contributed by atoms with Gasteiger partial charge in [-0.15, -0.1) is 0 Å². The Hall–Kier alpha value is -2.40. The summed E-state index contributed by atoms with van der Waals surface area (Å²) < 4.78 is 2.92. The van der Waals surface area contributed by atoms with Gasteiger partial charge in [-0.05, 0) is 55.2 Å². The highest BCUT2D eigenvalue weighted by Crippen LogP contribution is 2.33. The summed E-state index contributed by atoms with van der Waals surface area (Å²) >= 11 is 3.48. The maximum atomic E-state index is 13.0. The highest BCUT2D eigenvalue weighted by atomic mass is 79.9. The maximum absolute atomic E-state index is 13.0. The molecule has 4 nitrogen and oxygen atoms in total. The molecular weight excluding hydrogens is 392 g/mol. The first-order valence-corrected chi connectivity index (χ1v) is 9.54. The van der Waals surface area contributed by atoms with E-state index < -0.39 is 0 Å². The molecule has 26 heavy (non-hydrogen) atoms. The number of pyridine rings is 1. The van der Waals surface area contributed by atoms with Crippen LogP contribution in [0.2, 0.25) is 0 Å². The van der Waals surface area contributed by atoms with Crippen LogP contribution >= 0.6 is 15.9 Å². The summed E-state index contributed by atoms with van der Waals surface area (Å²) in [5, 5.41) is 3.44. The Morgan fingerprint density at radius 3 is 2.69 bits per heavy atom. The number of hydrogen-bond donors (Lipinski definition) is 1. The van der Waals surface area contributed by atoms with Gasteiger partial charge in [0.05, 0.1) is 5.52 Å². The molecule has 0 radical (unpaired) electrons. The predicted octanol–water partition coefficient (Wildman–Crippen LogP) is 4.70. The van der Waals surface area contributed by atoms with Gasteiger partial charge in [-0.1, -0.05) is 35.0 Å². The lowest BCUT2D eigenvalue weighted by Crippen LogP contribution is -2.23. The van der Waals surface area contributed by atoms with Gasteiger partial charge in [0.15, 0.2) is 0 Å². The Kier molecular flexibility index (Phi) is 4.19. The smallest absolute Gasteiger partial charge is 0.261 e. The lowest BCUT2D eigenvalue weighted by Gasteiger charge is -2.13. The largest absolute Gasteiger partial charge is 0.343 e. The van der Waals surface area contributed by atoms with E-state index in [0.29, 0.717) is 11.1 Å². The van der Waals surface area contributed by atoms with Crippen LogP contribution in [-0.4, -0.2) is 10.5 Å². The average molecular weight is 411 g/mol. The number of carbonyl (C=O) groups is 1. The van der Waals surface area contributed by atoms with Gasteiger partial charge in [0.25, 0.3) is 5.91 Å². The molecule has 4 rings (SSSR count). The fourth-order valence-electron chi connectivity index (χ4n) is 3.64. The van der Waals surface area contributed by atoms with Crippen molar-refractivity contribution in [1.82, 2.24) is 4.57 Å². The van der Waals surface area contributed by atoms with Crippen LogP contribution in [0.5, 0.6) is 0 Å². The average Bonchev–Trinajstić information content (AvgIpc) is 2.93. The third-order valence-corrected chi connectivity index (χ3v) is 5.48. The summed E-state index contributed by atoms with van der Waals surface area (Å²) in [7, 11) is 0. The van der Waals surface area contributed by atoms with Gasteiger partial charge in [0.1, 0.15) is 5.56 Å². The van der Waals surface area contributed by atoms with Crippen molar-refractivity contribution in [3.63, 3.8) is 0 Å². The summed E-state index contributed by atoms with van der Waals surface area (Å²) in [6.45, 7) is 4.18. The highest BCUT2D eigenvalue weighted by Gasteiger charge is 2.25. The molecule has 1 aliphatic heterocycles. The molecule has 2 aromatic carbocycles. The third kappa shape index (κ3) is 2.76. The van der Waals surface area contributed by atoms with Crippen LogP contribution in [0.4, 0.5) is 5.69 Å². The number of amides is 1. The number of nitrogens with one attached hydrogen (secondary N) is 1. The van der Waals surface area contributed by atoms with Crippen molar-refractivity contribution in [2.75, 3.05) is 5.32 Å². The summed E-state index contributed by atoms with van der Waals surface area (Å²) in [5.74, 6) is -0.370. The van der Waals surface area contributed by atoms with Crippen LogP contribution in [-0.2, 0) is 12.8 Å². The first-order chi connectivity index (χ1) is 12.5. The number of halogens is 1. The second-order valence-electron chi connectivity index (χ2n) is 6.80. The van der Waals surface area contributed by atoms with Gasteiger partial charge >= 0.3 is 0 Å². The number of aromatic nitrogens is 1. The Morgan fingerprint density at radius 1 is 1.27 bits per heavy atom. The standard InChI is InChI=1S/C21H19BrN2O2/c1-3-13-4-6-16(7-5-13)23-21(26)18-11-24-12(2)8-14-9-15(22)10-17(19(14)24)20(18)25/h4-7,9-12H,3,8H2,1-2H3,(H,23,26)/t12-/m1/s1. The predicted molar refractivity (Wildman–Crippen MR) is 108 cm³/mol. The van der Waals surface area contributed by atoms with Crippen LogP contribution in [0, 0.1) is 0 Å². The summed E-state index contributed by atoms with van der Waals surface area (Å²) in [5.41, 5.74) is 3.92. The maximum Gasteiger partial charge on any atom is 0.261 e. The number of hydrogen-bond acceptors (Lipinski definition) is 2. The Labute approximate surface area is 160 Å². The van der Waals surface area contributed by atoms with E-state index in [1.54, 1.807) is 6.20 Å². The molecule has 1 aliphatic rings. The summed E-state index contributed by atoms with van der Waals surface area (Å²) in [6.07, 6.45) is 3.51. The van der Waals surface area contributed by atoms with Crippen LogP contribution in [0.1, 0.15) is 41.4 Å². The molecule has 2 heterocycles. The summed E-state index contributed by atoms with van der Waals surface area (Å²) in [4.78, 5) is 25.7. The zero-order valence-electron chi connectivity index (χ0n) is 14.7. The Morgan fingerprint density at radius 2 is 2.00 bits per heavy atom. The van der Waals surface area contributed by atoms with Crippen molar-refractivity contribution in [2.45, 2.75) is 32.7 Å². The number of rotatable bonds is 3. The molecule has 0 unspecified atom stereocenters. The van der Waals surface area contributed by atoms with Crippen molar-refractivity contribution in [2.24, 2.45) is 0 Å². The van der Waals surface area contributed by atoms with Gasteiger partial charge in [0.2, 0.25) is 5.43 Å². The van der Waals surface area contributed by atoms with E-state index in [9.17, 15) is 9.59 Å². The molecule has 1 atom stereocenters. The Bertz CT molecular complexity index is 1080. The van der Waals surface area contributed by atoms with E-state index in [1.165, 1.54) is 5.56 Å². The van der Waals surface area contributed by atoms with Crippen molar-refractivity contribution in [3.8, 4) is 0 Å². The van der Waals surface area contributed by atoms with Crippen LogP contribution in [0.15, 0.2) is 51.9 Å². The third-order valence-electron chi connectivity index (χ3n) is 5.02. The van der Waals surface area contributed by atoms with Gasteiger partial charge in [0, 0.05) is 27.8 Å². The van der Waals surface area contributed by atoms with Gasteiger partial charge in [-0.3, -0.25) is 9.59 Å². The number of aryl methyl sites for hydroxylation is 1. The molecule has 0 saturated heterocycles. The highest BCUT2D eigenvalue weighted by molar-refractivity contribution is 9.10. The molecule has 132 valence electrons. The normalized spacial score (nSPS) is 15.4. The van der Waals surface area contributed by atoms with E-state index in [2.05, 4.69) is 41.2 Å². The van der Waals surface area contributed by atoms with Crippen molar-refractivity contribution >= 4 is 38.4 Å². The molecule has 0 saturated carbocycles. The first-order valence-electron chi connectivity index (χ1n) is 8.75. The van der Waals surface area contributed by atoms with E-state index in [-0.39, 0.29) is 22.9 Å². The molecule has 1 amide bonds. The lowest BCUT2D eigenvalue weighted by molar-refractivity contribution is 0.102. The summed E-state index contributed by atoms with van der Waals surface area (Å²) in [6, 6.07) is 11.8. The topological polar surface area (TPSA) is 51.1 Å². The van der Waals surface area contributed by atoms with E-state index in [1.807, 2.05) is 34.9 Å². The molecule has 0 fully saturated rings. The van der Waals surface area contributed by atoms with Crippen molar-refractivity contribution in [1.29, 1.82) is 0 Å². The molecule has 0 spiro atoms. The fraction of sp³-hybridized carbons (Fsp3) is 0.238. The van der Waals surface area contributed by atoms with Crippen molar-refractivity contribution < 1.29 is 4.79 Å². The lowest BCUT2D eigenvalue weighted by atomic mass is 10.1. The SMILES string of the molecule is CCc1ccc(NC(=O)c2cn3c4c(cc(Br)cc4c2=O)C[C@H]3C)cc1. The Balaban J connectivity index is 1.78. The second-order valence-corrected chi connectivity index (χ2v) is 7.71. The zero-order valence-corrected chi connectivity index (χ0v) is 16.3. The number of benzene rings is 2. The van der Waals surface area contributed by atoms with Crippen LogP contribution < -0.4 is 10.7 Å². The van der Waals surface area contributed by atoms with Gasteiger partial charge in [-0.25, -0.2) is 0 Å². The van der Waals surface area contributed by atoms with Gasteiger partial charge < -0.3 is 9.88 Å². The molecule has 0 aliphatic carbocycles. The van der Waals surface area contributed by atoms with E-state index >= 15 is 0 Å². The molecular formula is C21H19BrN2O2. The first kappa shape index (κ1) is 17.0. The van der Waals surface area contributed by atoms with Crippen molar-refractivity contribution in [3.05, 3.63) is 74.0 Å². The monoisotopic (exact) mass is 410 g/mol. The minimum absolute atomic E-state index is 0.176. The van der Waals surface area contributed by atoms with Crippen LogP contribution in [0.3, 0.4) is 0 Å². The molecule has 0 bridgehead atoms. The van der Waals surface area contributed by atoms with Gasteiger partial charge in [-0.2, -0.15) is 0 Å². The zero-order chi connectivity index (χ0) is 18.4. The second kappa shape index (κ2) is 6.40. The number of carbonyl (C=O) groups excluding carboxylic acids is 1. The quantitative estimate of drug-likeness (QED) is 0.680. The van der Waals surface area contributed by atoms with E-state index in [4.69, 9.17) is 0 Å². The molecule has 5 heteroatoms. The van der Waals surface area contributed by atoms with Crippen LogP contribution in [0.25, 0.3) is 10.9 Å². The number of nitrogens with zero attached hydrogens (tertiary/aromatic N) is 1. The fourth-order valence-corrected chi connectivity index (χ4v) is 4.15. The minimum atomic E-state index is -0.370. The molecule has 1 aromatic heterocycles. The van der Waals surface area contributed by atoms with E-state index in [0.717, 1.165) is 28.4 Å². The molecule has 3 aromatic rings. The molecule has 1 N–H and O–H groups in total.